The number of unbranched alkanes of at least 4 members (excludes halogenated alkanes) is 2. The Bertz CT molecular complexity index is 538. The number of hydrogen-bond donors (Lipinski definition) is 2. The first-order chi connectivity index (χ1) is 11.9. The summed E-state index contributed by atoms with van der Waals surface area (Å²) in [6.07, 6.45) is 5.24. The van der Waals surface area contributed by atoms with Crippen molar-refractivity contribution < 1.29 is 24.0 Å². The van der Waals surface area contributed by atoms with Crippen LogP contribution in [0, 0.1) is 5.92 Å². The van der Waals surface area contributed by atoms with Gasteiger partial charge in [0.05, 0.1) is 6.54 Å². The molecular formula is C17H25N3O5. The second-order valence-electron chi connectivity index (χ2n) is 6.17. The molecule has 0 saturated heterocycles. The monoisotopic (exact) mass is 351 g/mol. The van der Waals surface area contributed by atoms with E-state index in [1.54, 1.807) is 0 Å². The molecular weight excluding hydrogens is 326 g/mol. The molecule has 0 aromatic heterocycles. The largest absolute Gasteiger partial charge is 0.348 e. The summed E-state index contributed by atoms with van der Waals surface area (Å²) in [7, 11) is 0. The third-order valence-corrected chi connectivity index (χ3v) is 3.81. The Kier molecular flexibility index (Phi) is 8.52. The lowest BCUT2D eigenvalue weighted by Gasteiger charge is -2.21. The van der Waals surface area contributed by atoms with Crippen molar-refractivity contribution in [3.63, 3.8) is 0 Å². The standard InChI is InChI=1S/C17H25N3O5/c1-12(2)16(17(25)18-9-11-21)19-13(22)6-4-3-5-10-20-14(23)7-8-15(20)24/h7-8,11-12,16H,3-6,9-10H2,1-2H3,(H,18,25)(H,19,22). The maximum atomic E-state index is 12.0. The van der Waals surface area contributed by atoms with E-state index >= 15 is 0 Å². The van der Waals surface area contributed by atoms with Gasteiger partial charge in [-0.1, -0.05) is 20.3 Å². The van der Waals surface area contributed by atoms with Crippen LogP contribution in [0.1, 0.15) is 39.5 Å². The minimum absolute atomic E-state index is 0.0826. The van der Waals surface area contributed by atoms with Crippen LogP contribution in [0.5, 0.6) is 0 Å². The molecule has 25 heavy (non-hydrogen) atoms. The highest BCUT2D eigenvalue weighted by Gasteiger charge is 2.24. The number of hydrogen-bond acceptors (Lipinski definition) is 5. The summed E-state index contributed by atoms with van der Waals surface area (Å²) in [6, 6.07) is -0.682. The molecule has 1 heterocycles. The Balaban J connectivity index is 2.26. The minimum atomic E-state index is -0.682. The van der Waals surface area contributed by atoms with Crippen LogP contribution in [0.15, 0.2) is 12.2 Å². The molecule has 1 aliphatic rings. The van der Waals surface area contributed by atoms with E-state index in [1.807, 2.05) is 13.8 Å². The highest BCUT2D eigenvalue weighted by atomic mass is 16.2. The van der Waals surface area contributed by atoms with Crippen LogP contribution in [0.2, 0.25) is 0 Å². The Morgan fingerprint density at radius 1 is 1.12 bits per heavy atom. The molecule has 1 atom stereocenters. The molecule has 1 unspecified atom stereocenters. The Morgan fingerprint density at radius 3 is 2.32 bits per heavy atom. The van der Waals surface area contributed by atoms with Crippen LogP contribution >= 0.6 is 0 Å². The van der Waals surface area contributed by atoms with E-state index in [4.69, 9.17) is 0 Å². The Labute approximate surface area is 147 Å². The number of carbonyl (C=O) groups excluding carboxylic acids is 5. The topological polar surface area (TPSA) is 113 Å². The molecule has 0 aliphatic carbocycles. The van der Waals surface area contributed by atoms with Crippen LogP contribution in [0.25, 0.3) is 0 Å². The van der Waals surface area contributed by atoms with Crippen molar-refractivity contribution in [1.29, 1.82) is 0 Å². The van der Waals surface area contributed by atoms with Crippen LogP contribution < -0.4 is 10.6 Å². The number of aldehydes is 1. The normalized spacial score (nSPS) is 14.8. The van der Waals surface area contributed by atoms with Gasteiger partial charge in [-0.15, -0.1) is 0 Å². The summed E-state index contributed by atoms with van der Waals surface area (Å²) >= 11 is 0. The molecule has 1 rings (SSSR count). The van der Waals surface area contributed by atoms with Crippen LogP contribution in [0.3, 0.4) is 0 Å². The fraction of sp³-hybridized carbons (Fsp3) is 0.588. The van der Waals surface area contributed by atoms with E-state index in [-0.39, 0.29) is 42.5 Å². The van der Waals surface area contributed by atoms with E-state index in [9.17, 15) is 24.0 Å². The van der Waals surface area contributed by atoms with Gasteiger partial charge in [0, 0.05) is 25.1 Å². The van der Waals surface area contributed by atoms with Crippen molar-refractivity contribution in [3.05, 3.63) is 12.2 Å². The molecule has 8 heteroatoms. The summed E-state index contributed by atoms with van der Waals surface area (Å²) in [5.41, 5.74) is 0. The van der Waals surface area contributed by atoms with Gasteiger partial charge in [0.25, 0.3) is 11.8 Å². The molecule has 0 spiro atoms. The molecule has 0 radical (unpaired) electrons. The van der Waals surface area contributed by atoms with E-state index in [0.29, 0.717) is 32.1 Å². The lowest BCUT2D eigenvalue weighted by atomic mass is 10.0. The summed E-state index contributed by atoms with van der Waals surface area (Å²) in [6.45, 7) is 3.88. The fourth-order valence-corrected chi connectivity index (χ4v) is 2.42. The van der Waals surface area contributed by atoms with Crippen molar-refractivity contribution in [2.45, 2.75) is 45.6 Å². The predicted molar refractivity (Wildman–Crippen MR) is 90.2 cm³/mol. The minimum Gasteiger partial charge on any atom is -0.348 e. The Hall–Kier alpha value is -2.51. The van der Waals surface area contributed by atoms with Gasteiger partial charge < -0.3 is 15.4 Å². The highest BCUT2D eigenvalue weighted by molar-refractivity contribution is 6.12. The van der Waals surface area contributed by atoms with E-state index in [0.717, 1.165) is 0 Å². The zero-order valence-electron chi connectivity index (χ0n) is 14.6. The van der Waals surface area contributed by atoms with E-state index < -0.39 is 6.04 Å². The average Bonchev–Trinajstić information content (AvgIpc) is 2.88. The number of imide groups is 1. The van der Waals surface area contributed by atoms with Crippen molar-refractivity contribution in [3.8, 4) is 0 Å². The molecule has 2 N–H and O–H groups in total. The molecule has 4 amide bonds. The van der Waals surface area contributed by atoms with E-state index in [1.165, 1.54) is 17.1 Å². The SMILES string of the molecule is CC(C)C(NC(=O)CCCCCN1C(=O)C=CC1=O)C(=O)NCC=O. The summed E-state index contributed by atoms with van der Waals surface area (Å²) in [4.78, 5) is 58.1. The first-order valence-electron chi connectivity index (χ1n) is 8.41. The van der Waals surface area contributed by atoms with Gasteiger partial charge in [0.15, 0.2) is 0 Å². The summed E-state index contributed by atoms with van der Waals surface area (Å²) in [5.74, 6) is -1.33. The van der Waals surface area contributed by atoms with E-state index in [2.05, 4.69) is 10.6 Å². The number of nitrogens with zero attached hydrogens (tertiary/aromatic N) is 1. The van der Waals surface area contributed by atoms with Crippen molar-refractivity contribution in [2.24, 2.45) is 5.92 Å². The van der Waals surface area contributed by atoms with Gasteiger partial charge in [-0.25, -0.2) is 0 Å². The van der Waals surface area contributed by atoms with Crippen LogP contribution in [0.4, 0.5) is 0 Å². The van der Waals surface area contributed by atoms with Crippen LogP contribution in [-0.2, 0) is 24.0 Å². The Morgan fingerprint density at radius 2 is 1.76 bits per heavy atom. The number of carbonyl (C=O) groups is 5. The first-order valence-corrected chi connectivity index (χ1v) is 8.41. The fourth-order valence-electron chi connectivity index (χ4n) is 2.42. The lowest BCUT2D eigenvalue weighted by Crippen LogP contribution is -2.50. The van der Waals surface area contributed by atoms with Crippen LogP contribution in [-0.4, -0.2) is 53.9 Å². The summed E-state index contributed by atoms with van der Waals surface area (Å²) in [5, 5.41) is 5.11. The maximum absolute atomic E-state index is 12.0. The average molecular weight is 351 g/mol. The summed E-state index contributed by atoms with van der Waals surface area (Å²) < 4.78 is 0. The molecule has 0 fully saturated rings. The van der Waals surface area contributed by atoms with Crippen molar-refractivity contribution in [2.75, 3.05) is 13.1 Å². The number of amides is 4. The van der Waals surface area contributed by atoms with Gasteiger partial charge in [0.2, 0.25) is 11.8 Å². The zero-order chi connectivity index (χ0) is 18.8. The van der Waals surface area contributed by atoms with Gasteiger partial charge in [-0.3, -0.25) is 24.1 Å². The number of nitrogens with one attached hydrogen (secondary N) is 2. The number of rotatable bonds is 11. The molecule has 0 aromatic carbocycles. The molecule has 0 aromatic rings. The third-order valence-electron chi connectivity index (χ3n) is 3.81. The second-order valence-corrected chi connectivity index (χ2v) is 6.17. The predicted octanol–water partition coefficient (Wildman–Crippen LogP) is -0.0723. The van der Waals surface area contributed by atoms with Gasteiger partial charge in [-0.05, 0) is 18.8 Å². The highest BCUT2D eigenvalue weighted by Crippen LogP contribution is 2.08. The second kappa shape index (κ2) is 10.4. The first kappa shape index (κ1) is 20.5. The zero-order valence-corrected chi connectivity index (χ0v) is 14.6. The molecule has 1 aliphatic heterocycles. The smallest absolute Gasteiger partial charge is 0.253 e. The molecule has 138 valence electrons. The van der Waals surface area contributed by atoms with Gasteiger partial charge in [-0.2, -0.15) is 0 Å². The van der Waals surface area contributed by atoms with Gasteiger partial charge >= 0.3 is 0 Å². The molecule has 8 nitrogen and oxygen atoms in total. The van der Waals surface area contributed by atoms with Gasteiger partial charge in [0.1, 0.15) is 12.3 Å². The lowest BCUT2D eigenvalue weighted by molar-refractivity contribution is -0.137. The molecule has 0 saturated carbocycles. The third kappa shape index (κ3) is 6.86. The van der Waals surface area contributed by atoms with Crippen molar-refractivity contribution in [1.82, 2.24) is 15.5 Å². The van der Waals surface area contributed by atoms with Crippen molar-refractivity contribution >= 4 is 29.9 Å². The quantitative estimate of drug-likeness (QED) is 0.307. The molecule has 0 bridgehead atoms. The maximum Gasteiger partial charge on any atom is 0.253 e.